The summed E-state index contributed by atoms with van der Waals surface area (Å²) in [5, 5.41) is 5.59. The molecular weight excluding hydrogens is 460 g/mol. The molecular formula is C21H22BrClN2O4. The largest absolute Gasteiger partial charge is 0.490 e. The number of hydrazone groups is 1. The van der Waals surface area contributed by atoms with Gasteiger partial charge in [0.15, 0.2) is 11.5 Å². The normalized spacial score (nSPS) is 27.6. The third-order valence-electron chi connectivity index (χ3n) is 5.57. The van der Waals surface area contributed by atoms with Crippen LogP contribution in [0.2, 0.25) is 5.02 Å². The molecule has 4 rings (SSSR count). The van der Waals surface area contributed by atoms with Crippen molar-refractivity contribution in [1.82, 2.24) is 5.01 Å². The number of hydrogen-bond donors (Lipinski definition) is 0. The number of benzene rings is 1. The lowest BCUT2D eigenvalue weighted by molar-refractivity contribution is -0.140. The minimum Gasteiger partial charge on any atom is -0.490 e. The van der Waals surface area contributed by atoms with Crippen LogP contribution < -0.4 is 9.47 Å². The quantitative estimate of drug-likeness (QED) is 0.342. The molecule has 0 aromatic heterocycles. The molecule has 1 aliphatic heterocycles. The fourth-order valence-electron chi connectivity index (χ4n) is 4.43. The third-order valence-corrected chi connectivity index (χ3v) is 7.01. The number of rotatable bonds is 6. The van der Waals surface area contributed by atoms with Gasteiger partial charge in [-0.1, -0.05) is 23.8 Å². The van der Waals surface area contributed by atoms with Crippen LogP contribution in [0.1, 0.15) is 32.8 Å². The summed E-state index contributed by atoms with van der Waals surface area (Å²) < 4.78 is 12.0. The first-order valence-corrected chi connectivity index (χ1v) is 10.9. The van der Waals surface area contributed by atoms with E-state index in [1.807, 2.05) is 20.8 Å². The molecule has 4 unspecified atom stereocenters. The van der Waals surface area contributed by atoms with E-state index in [0.29, 0.717) is 33.2 Å². The Morgan fingerprint density at radius 2 is 1.90 bits per heavy atom. The van der Waals surface area contributed by atoms with E-state index >= 15 is 0 Å². The van der Waals surface area contributed by atoms with Crippen LogP contribution in [0.25, 0.3) is 0 Å². The molecule has 2 aliphatic carbocycles. The molecule has 3 aliphatic rings. The Balaban J connectivity index is 1.63. The lowest BCUT2D eigenvalue weighted by atomic mass is 9.85. The predicted octanol–water partition coefficient (Wildman–Crippen LogP) is 4.43. The first-order valence-electron chi connectivity index (χ1n) is 9.75. The zero-order chi connectivity index (χ0) is 20.9. The zero-order valence-electron chi connectivity index (χ0n) is 16.4. The summed E-state index contributed by atoms with van der Waals surface area (Å²) in [5.41, 5.74) is 0.591. The molecule has 4 atom stereocenters. The van der Waals surface area contributed by atoms with Gasteiger partial charge in [0.25, 0.3) is 11.8 Å². The van der Waals surface area contributed by atoms with Crippen LogP contribution in [0.15, 0.2) is 27.8 Å². The number of allylic oxidation sites excluding steroid dienone is 2. The topological polar surface area (TPSA) is 68.2 Å². The van der Waals surface area contributed by atoms with Crippen molar-refractivity contribution in [3.63, 3.8) is 0 Å². The average Bonchev–Trinajstić information content (AvgIpc) is 3.35. The zero-order valence-corrected chi connectivity index (χ0v) is 18.7. The third kappa shape index (κ3) is 3.38. The van der Waals surface area contributed by atoms with Gasteiger partial charge in [-0.25, -0.2) is 0 Å². The van der Waals surface area contributed by atoms with E-state index in [1.165, 1.54) is 6.21 Å². The van der Waals surface area contributed by atoms with Gasteiger partial charge in [-0.15, -0.1) is 0 Å². The highest BCUT2D eigenvalue weighted by Crippen LogP contribution is 2.52. The fraction of sp³-hybridized carbons (Fsp3) is 0.476. The van der Waals surface area contributed by atoms with Gasteiger partial charge in [0.05, 0.1) is 30.8 Å². The van der Waals surface area contributed by atoms with Crippen LogP contribution in [-0.4, -0.2) is 35.7 Å². The number of fused-ring (bicyclic) bond motifs is 5. The Morgan fingerprint density at radius 3 is 2.45 bits per heavy atom. The smallest absolute Gasteiger partial charge is 0.254 e. The lowest BCUT2D eigenvalue weighted by Crippen LogP contribution is -2.28. The molecule has 1 saturated carbocycles. The predicted molar refractivity (Wildman–Crippen MR) is 113 cm³/mol. The second-order valence-electron chi connectivity index (χ2n) is 7.75. The van der Waals surface area contributed by atoms with Crippen molar-refractivity contribution in [3.8, 4) is 11.5 Å². The van der Waals surface area contributed by atoms with Crippen molar-refractivity contribution < 1.29 is 19.1 Å². The van der Waals surface area contributed by atoms with Crippen LogP contribution in [-0.2, 0) is 9.59 Å². The standard InChI is InChI=1S/C21H22BrClN2O4/c1-4-28-14-8-13(17(22)18(23)19(14)29-10(2)3)9-24-25-20(26)15-11-5-6-12(7-11)16(15)21(25)27/h5-6,8-12,15-16H,4,7H2,1-3H3. The first kappa shape index (κ1) is 20.4. The summed E-state index contributed by atoms with van der Waals surface area (Å²) in [4.78, 5) is 25.6. The molecule has 29 heavy (non-hydrogen) atoms. The molecule has 1 aromatic carbocycles. The second kappa shape index (κ2) is 7.76. The van der Waals surface area contributed by atoms with E-state index < -0.39 is 0 Å². The van der Waals surface area contributed by atoms with Gasteiger partial charge in [-0.2, -0.15) is 10.1 Å². The molecule has 2 fully saturated rings. The molecule has 0 radical (unpaired) electrons. The summed E-state index contributed by atoms with van der Waals surface area (Å²) in [6.45, 7) is 6.11. The van der Waals surface area contributed by atoms with Crippen molar-refractivity contribution in [2.75, 3.05) is 6.61 Å². The summed E-state index contributed by atoms with van der Waals surface area (Å²) in [6, 6.07) is 1.73. The van der Waals surface area contributed by atoms with E-state index in [-0.39, 0.29) is 41.6 Å². The maximum atomic E-state index is 12.8. The Bertz CT molecular complexity index is 900. The maximum Gasteiger partial charge on any atom is 0.254 e. The van der Waals surface area contributed by atoms with Gasteiger partial charge in [-0.3, -0.25) is 9.59 Å². The van der Waals surface area contributed by atoms with Crippen molar-refractivity contribution in [1.29, 1.82) is 0 Å². The SMILES string of the molecule is CCOc1cc(C=NN2C(=O)C3C4C=CC(C4)C3C2=O)c(Br)c(Cl)c1OC(C)C. The number of hydrogen-bond acceptors (Lipinski definition) is 5. The number of amides is 2. The minimum absolute atomic E-state index is 0.0821. The maximum absolute atomic E-state index is 12.8. The Hall–Kier alpha value is -1.86. The molecule has 0 spiro atoms. The summed E-state index contributed by atoms with van der Waals surface area (Å²) in [5.74, 6) is 0.233. The van der Waals surface area contributed by atoms with Crippen LogP contribution in [0.3, 0.4) is 0 Å². The van der Waals surface area contributed by atoms with Crippen LogP contribution >= 0.6 is 27.5 Å². The summed E-state index contributed by atoms with van der Waals surface area (Å²) in [6.07, 6.45) is 6.39. The summed E-state index contributed by atoms with van der Waals surface area (Å²) >= 11 is 9.96. The van der Waals surface area contributed by atoms with Gasteiger partial charge >= 0.3 is 0 Å². The Morgan fingerprint density at radius 1 is 1.28 bits per heavy atom. The number of nitrogens with zero attached hydrogens (tertiary/aromatic N) is 2. The average molecular weight is 482 g/mol. The molecule has 2 amide bonds. The van der Waals surface area contributed by atoms with Crippen molar-refractivity contribution in [2.45, 2.75) is 33.3 Å². The highest BCUT2D eigenvalue weighted by atomic mass is 79.9. The lowest BCUT2D eigenvalue weighted by Gasteiger charge is -2.18. The van der Waals surface area contributed by atoms with Gasteiger partial charge in [-0.05, 0) is 61.0 Å². The van der Waals surface area contributed by atoms with Gasteiger partial charge in [0.2, 0.25) is 0 Å². The highest BCUT2D eigenvalue weighted by molar-refractivity contribution is 9.10. The van der Waals surface area contributed by atoms with Gasteiger partial charge in [0.1, 0.15) is 5.02 Å². The van der Waals surface area contributed by atoms with E-state index in [4.69, 9.17) is 21.1 Å². The van der Waals surface area contributed by atoms with Crippen LogP contribution in [0.4, 0.5) is 0 Å². The van der Waals surface area contributed by atoms with Gasteiger partial charge < -0.3 is 9.47 Å². The second-order valence-corrected chi connectivity index (χ2v) is 8.92. The van der Waals surface area contributed by atoms with Crippen molar-refractivity contribution in [2.24, 2.45) is 28.8 Å². The summed E-state index contributed by atoms with van der Waals surface area (Å²) in [7, 11) is 0. The first-order chi connectivity index (χ1) is 13.8. The van der Waals surface area contributed by atoms with E-state index in [0.717, 1.165) is 11.4 Å². The molecule has 1 aromatic rings. The molecule has 8 heteroatoms. The van der Waals surface area contributed by atoms with Crippen molar-refractivity contribution >= 4 is 45.6 Å². The van der Waals surface area contributed by atoms with Crippen molar-refractivity contribution in [3.05, 3.63) is 33.3 Å². The number of ether oxygens (including phenoxy) is 2. The Kier molecular flexibility index (Phi) is 5.46. The molecule has 154 valence electrons. The fourth-order valence-corrected chi connectivity index (χ4v) is 5.07. The minimum atomic E-state index is -0.275. The van der Waals surface area contributed by atoms with Crippen LogP contribution in [0.5, 0.6) is 11.5 Å². The molecule has 0 N–H and O–H groups in total. The van der Waals surface area contributed by atoms with Crippen LogP contribution in [0, 0.1) is 23.7 Å². The number of halogens is 2. The molecule has 1 heterocycles. The molecule has 6 nitrogen and oxygen atoms in total. The monoisotopic (exact) mass is 480 g/mol. The van der Waals surface area contributed by atoms with E-state index in [2.05, 4.69) is 33.2 Å². The molecule has 2 bridgehead atoms. The Labute approximate surface area is 183 Å². The van der Waals surface area contributed by atoms with Gasteiger partial charge in [0, 0.05) is 10.0 Å². The van der Waals surface area contributed by atoms with E-state index in [9.17, 15) is 9.59 Å². The number of carbonyl (C=O) groups excluding carboxylic acids is 2. The number of imide groups is 1. The molecule has 1 saturated heterocycles. The van der Waals surface area contributed by atoms with E-state index in [1.54, 1.807) is 6.07 Å². The highest BCUT2D eigenvalue weighted by Gasteiger charge is 2.59. The number of carbonyl (C=O) groups is 2.